The first-order chi connectivity index (χ1) is 10.3. The Bertz CT molecular complexity index is 709. The zero-order valence-corrected chi connectivity index (χ0v) is 12.8. The topological polar surface area (TPSA) is 34.1 Å². The van der Waals surface area contributed by atoms with E-state index in [0.29, 0.717) is 6.61 Å². The van der Waals surface area contributed by atoms with Gasteiger partial charge in [0.1, 0.15) is 5.75 Å². The molecule has 0 aliphatic heterocycles. The van der Waals surface area contributed by atoms with Gasteiger partial charge in [0.25, 0.3) is 0 Å². The van der Waals surface area contributed by atoms with E-state index in [-0.39, 0.29) is 0 Å². The highest BCUT2D eigenvalue weighted by atomic mass is 32.1. The molecule has 0 saturated heterocycles. The normalized spacial score (nSPS) is 10.7. The lowest BCUT2D eigenvalue weighted by Gasteiger charge is -2.03. The SMILES string of the molecule is CCOc1ccc2nc(CCNc3ccccc3)sc2c1. The van der Waals surface area contributed by atoms with Gasteiger partial charge in [-0.3, -0.25) is 0 Å². The predicted octanol–water partition coefficient (Wildman–Crippen LogP) is 4.35. The zero-order chi connectivity index (χ0) is 14.5. The molecule has 0 fully saturated rings. The van der Waals surface area contributed by atoms with Crippen molar-refractivity contribution in [3.05, 3.63) is 53.5 Å². The van der Waals surface area contributed by atoms with Crippen molar-refractivity contribution in [2.45, 2.75) is 13.3 Å². The number of aromatic nitrogens is 1. The van der Waals surface area contributed by atoms with Crippen LogP contribution in [0, 0.1) is 0 Å². The molecule has 1 aromatic heterocycles. The Morgan fingerprint density at radius 2 is 2.00 bits per heavy atom. The van der Waals surface area contributed by atoms with Crippen molar-refractivity contribution in [1.82, 2.24) is 4.98 Å². The molecule has 0 saturated carbocycles. The average molecular weight is 298 g/mol. The Labute approximate surface area is 128 Å². The van der Waals surface area contributed by atoms with Crippen molar-refractivity contribution >= 4 is 27.2 Å². The Balaban J connectivity index is 1.64. The second-order valence-corrected chi connectivity index (χ2v) is 5.83. The molecule has 1 N–H and O–H groups in total. The molecule has 21 heavy (non-hydrogen) atoms. The number of fused-ring (bicyclic) bond motifs is 1. The highest BCUT2D eigenvalue weighted by Gasteiger charge is 2.05. The molecule has 0 radical (unpaired) electrons. The molecule has 3 aromatic rings. The molecule has 3 rings (SSSR count). The largest absolute Gasteiger partial charge is 0.494 e. The Hall–Kier alpha value is -2.07. The number of hydrogen-bond acceptors (Lipinski definition) is 4. The highest BCUT2D eigenvalue weighted by Crippen LogP contribution is 2.26. The van der Waals surface area contributed by atoms with E-state index in [0.717, 1.165) is 34.9 Å². The number of benzene rings is 2. The fourth-order valence-corrected chi connectivity index (χ4v) is 3.18. The van der Waals surface area contributed by atoms with Gasteiger partial charge in [0.05, 0.1) is 21.8 Å². The van der Waals surface area contributed by atoms with E-state index < -0.39 is 0 Å². The van der Waals surface area contributed by atoms with Crippen molar-refractivity contribution in [3.8, 4) is 5.75 Å². The molecule has 0 unspecified atom stereocenters. The molecule has 0 spiro atoms. The van der Waals surface area contributed by atoms with E-state index >= 15 is 0 Å². The van der Waals surface area contributed by atoms with Crippen molar-refractivity contribution in [2.24, 2.45) is 0 Å². The van der Waals surface area contributed by atoms with Crippen LogP contribution in [0.4, 0.5) is 5.69 Å². The van der Waals surface area contributed by atoms with Gasteiger partial charge in [-0.1, -0.05) is 18.2 Å². The maximum atomic E-state index is 5.53. The quantitative estimate of drug-likeness (QED) is 0.734. The minimum atomic E-state index is 0.693. The summed E-state index contributed by atoms with van der Waals surface area (Å²) in [6.45, 7) is 3.58. The van der Waals surface area contributed by atoms with E-state index in [1.165, 1.54) is 4.70 Å². The third-order valence-electron chi connectivity index (χ3n) is 3.16. The first-order valence-electron chi connectivity index (χ1n) is 7.16. The van der Waals surface area contributed by atoms with Gasteiger partial charge in [-0.05, 0) is 37.3 Å². The second-order valence-electron chi connectivity index (χ2n) is 4.71. The van der Waals surface area contributed by atoms with E-state index in [1.54, 1.807) is 11.3 Å². The van der Waals surface area contributed by atoms with Crippen LogP contribution in [0.5, 0.6) is 5.75 Å². The molecule has 108 valence electrons. The van der Waals surface area contributed by atoms with Crippen LogP contribution in [0.25, 0.3) is 10.2 Å². The second kappa shape index (κ2) is 6.59. The number of thiazole rings is 1. The Morgan fingerprint density at radius 1 is 1.14 bits per heavy atom. The molecule has 0 bridgehead atoms. The van der Waals surface area contributed by atoms with E-state index in [4.69, 9.17) is 4.74 Å². The number of nitrogens with one attached hydrogen (secondary N) is 1. The van der Waals surface area contributed by atoms with Crippen LogP contribution < -0.4 is 10.1 Å². The van der Waals surface area contributed by atoms with Crippen molar-refractivity contribution in [2.75, 3.05) is 18.5 Å². The summed E-state index contributed by atoms with van der Waals surface area (Å²) in [4.78, 5) is 4.67. The lowest BCUT2D eigenvalue weighted by molar-refractivity contribution is 0.341. The summed E-state index contributed by atoms with van der Waals surface area (Å²) < 4.78 is 6.72. The molecule has 4 heteroatoms. The van der Waals surface area contributed by atoms with Gasteiger partial charge in [-0.15, -0.1) is 11.3 Å². The average Bonchev–Trinajstić information content (AvgIpc) is 2.91. The maximum Gasteiger partial charge on any atom is 0.120 e. The van der Waals surface area contributed by atoms with Gasteiger partial charge < -0.3 is 10.1 Å². The van der Waals surface area contributed by atoms with Gasteiger partial charge in [0.2, 0.25) is 0 Å². The summed E-state index contributed by atoms with van der Waals surface area (Å²) in [5.74, 6) is 0.919. The van der Waals surface area contributed by atoms with E-state index in [2.05, 4.69) is 28.5 Å². The summed E-state index contributed by atoms with van der Waals surface area (Å²) in [6, 6.07) is 16.3. The third kappa shape index (κ3) is 3.52. The lowest BCUT2D eigenvalue weighted by Crippen LogP contribution is -2.04. The van der Waals surface area contributed by atoms with Gasteiger partial charge in [-0.25, -0.2) is 4.98 Å². The minimum Gasteiger partial charge on any atom is -0.494 e. The van der Waals surface area contributed by atoms with Crippen molar-refractivity contribution in [1.29, 1.82) is 0 Å². The fraction of sp³-hybridized carbons (Fsp3) is 0.235. The molecule has 2 aromatic carbocycles. The number of para-hydroxylation sites is 1. The molecule has 0 amide bonds. The Kier molecular flexibility index (Phi) is 4.36. The number of hydrogen-bond donors (Lipinski definition) is 1. The number of anilines is 1. The fourth-order valence-electron chi connectivity index (χ4n) is 2.19. The van der Waals surface area contributed by atoms with Gasteiger partial charge in [-0.2, -0.15) is 0 Å². The first-order valence-corrected chi connectivity index (χ1v) is 7.98. The third-order valence-corrected chi connectivity index (χ3v) is 4.23. The lowest BCUT2D eigenvalue weighted by atomic mass is 10.3. The molecule has 0 aliphatic rings. The van der Waals surface area contributed by atoms with Crippen LogP contribution in [-0.2, 0) is 6.42 Å². The predicted molar refractivity (Wildman–Crippen MR) is 89.4 cm³/mol. The summed E-state index contributed by atoms with van der Waals surface area (Å²) in [5.41, 5.74) is 2.20. The van der Waals surface area contributed by atoms with Gasteiger partial charge >= 0.3 is 0 Å². The molecule has 1 heterocycles. The number of rotatable bonds is 6. The van der Waals surface area contributed by atoms with Crippen LogP contribution in [0.2, 0.25) is 0 Å². The molecule has 0 atom stereocenters. The monoisotopic (exact) mass is 298 g/mol. The van der Waals surface area contributed by atoms with Crippen LogP contribution in [-0.4, -0.2) is 18.1 Å². The number of ether oxygens (including phenoxy) is 1. The zero-order valence-electron chi connectivity index (χ0n) is 12.0. The van der Waals surface area contributed by atoms with Crippen LogP contribution >= 0.6 is 11.3 Å². The Morgan fingerprint density at radius 3 is 2.81 bits per heavy atom. The minimum absolute atomic E-state index is 0.693. The van der Waals surface area contributed by atoms with E-state index in [1.807, 2.05) is 37.3 Å². The van der Waals surface area contributed by atoms with Crippen molar-refractivity contribution < 1.29 is 4.74 Å². The summed E-state index contributed by atoms with van der Waals surface area (Å²) in [5, 5.41) is 4.57. The van der Waals surface area contributed by atoms with Crippen molar-refractivity contribution in [3.63, 3.8) is 0 Å². The summed E-state index contributed by atoms with van der Waals surface area (Å²) in [6.07, 6.45) is 0.929. The summed E-state index contributed by atoms with van der Waals surface area (Å²) >= 11 is 1.74. The smallest absolute Gasteiger partial charge is 0.120 e. The molecular weight excluding hydrogens is 280 g/mol. The molecule has 3 nitrogen and oxygen atoms in total. The highest BCUT2D eigenvalue weighted by molar-refractivity contribution is 7.18. The maximum absolute atomic E-state index is 5.53. The molecule has 0 aliphatic carbocycles. The number of nitrogens with zero attached hydrogens (tertiary/aromatic N) is 1. The van der Waals surface area contributed by atoms with Crippen LogP contribution in [0.15, 0.2) is 48.5 Å². The first kappa shape index (κ1) is 13.9. The van der Waals surface area contributed by atoms with Gasteiger partial charge in [0, 0.05) is 18.7 Å². The molecular formula is C17H18N2OS. The standard InChI is InChI=1S/C17H18N2OS/c1-2-20-14-8-9-15-16(12-14)21-17(19-15)10-11-18-13-6-4-3-5-7-13/h3-9,12,18H,2,10-11H2,1H3. The summed E-state index contributed by atoms with van der Waals surface area (Å²) in [7, 11) is 0. The van der Waals surface area contributed by atoms with E-state index in [9.17, 15) is 0 Å². The van der Waals surface area contributed by atoms with Crippen LogP contribution in [0.3, 0.4) is 0 Å². The van der Waals surface area contributed by atoms with Crippen LogP contribution in [0.1, 0.15) is 11.9 Å². The van der Waals surface area contributed by atoms with Gasteiger partial charge in [0.15, 0.2) is 0 Å².